The first-order chi connectivity index (χ1) is 9.80. The molecule has 1 unspecified atom stereocenters. The van der Waals surface area contributed by atoms with Crippen molar-refractivity contribution < 1.29 is 5.11 Å². The van der Waals surface area contributed by atoms with Gasteiger partial charge in [-0.3, -0.25) is 0 Å². The predicted molar refractivity (Wildman–Crippen MR) is 85.2 cm³/mol. The molecule has 1 saturated carbocycles. The molecule has 0 aliphatic heterocycles. The lowest BCUT2D eigenvalue weighted by Gasteiger charge is -2.39. The number of benzene rings is 1. The summed E-state index contributed by atoms with van der Waals surface area (Å²) in [5, 5.41) is 12.4. The lowest BCUT2D eigenvalue weighted by Crippen LogP contribution is -2.41. The molecular weight excluding hydrogens is 248 g/mol. The predicted octanol–water partition coefficient (Wildman–Crippen LogP) is 3.10. The van der Waals surface area contributed by atoms with Gasteiger partial charge in [0.2, 0.25) is 0 Å². The van der Waals surface area contributed by atoms with Crippen molar-refractivity contribution in [2.45, 2.75) is 51.1 Å². The smallest absolute Gasteiger partial charge is 0.0447 e. The summed E-state index contributed by atoms with van der Waals surface area (Å²) in [4.78, 5) is 2.48. The molecule has 2 rings (SSSR count). The quantitative estimate of drug-likeness (QED) is 0.766. The Morgan fingerprint density at radius 2 is 2.00 bits per heavy atom. The van der Waals surface area contributed by atoms with Crippen molar-refractivity contribution >= 4 is 5.69 Å². The van der Waals surface area contributed by atoms with E-state index in [1.807, 2.05) is 7.05 Å². The lowest BCUT2D eigenvalue weighted by molar-refractivity contribution is 0.283. The summed E-state index contributed by atoms with van der Waals surface area (Å²) in [6.07, 6.45) is 5.89. The van der Waals surface area contributed by atoms with Crippen LogP contribution < -0.4 is 10.2 Å². The van der Waals surface area contributed by atoms with Crippen molar-refractivity contribution in [3.05, 3.63) is 29.8 Å². The number of hydrogen-bond donors (Lipinski definition) is 2. The molecule has 1 fully saturated rings. The van der Waals surface area contributed by atoms with Crippen molar-refractivity contribution in [1.29, 1.82) is 0 Å². The monoisotopic (exact) mass is 276 g/mol. The maximum absolute atomic E-state index is 9.08. The third-order valence-corrected chi connectivity index (χ3v) is 4.46. The molecule has 0 spiro atoms. The molecule has 20 heavy (non-hydrogen) atoms. The van der Waals surface area contributed by atoms with Crippen molar-refractivity contribution in [2.24, 2.45) is 0 Å². The van der Waals surface area contributed by atoms with Crippen LogP contribution >= 0.6 is 0 Å². The van der Waals surface area contributed by atoms with E-state index in [1.54, 1.807) is 0 Å². The highest BCUT2D eigenvalue weighted by Crippen LogP contribution is 2.30. The van der Waals surface area contributed by atoms with Crippen LogP contribution in [-0.4, -0.2) is 31.3 Å². The maximum Gasteiger partial charge on any atom is 0.0447 e. The second kappa shape index (κ2) is 7.65. The van der Waals surface area contributed by atoms with Crippen molar-refractivity contribution in [3.8, 4) is 0 Å². The fourth-order valence-corrected chi connectivity index (χ4v) is 2.97. The van der Waals surface area contributed by atoms with E-state index in [0.717, 1.165) is 19.4 Å². The zero-order chi connectivity index (χ0) is 14.4. The minimum Gasteiger partial charge on any atom is -0.396 e. The Labute approximate surface area is 123 Å². The van der Waals surface area contributed by atoms with Gasteiger partial charge in [0.15, 0.2) is 0 Å². The topological polar surface area (TPSA) is 35.5 Å². The van der Waals surface area contributed by atoms with Gasteiger partial charge in [0.1, 0.15) is 0 Å². The summed E-state index contributed by atoms with van der Waals surface area (Å²) < 4.78 is 0. The van der Waals surface area contributed by atoms with Crippen LogP contribution in [0.1, 0.15) is 50.6 Å². The Morgan fingerprint density at radius 3 is 2.45 bits per heavy atom. The second-order valence-corrected chi connectivity index (χ2v) is 5.70. The van der Waals surface area contributed by atoms with Crippen LogP contribution in [0.25, 0.3) is 0 Å². The molecule has 0 amide bonds. The maximum atomic E-state index is 9.08. The molecule has 1 atom stereocenters. The van der Waals surface area contributed by atoms with Gasteiger partial charge >= 0.3 is 0 Å². The zero-order valence-electron chi connectivity index (χ0n) is 12.8. The summed E-state index contributed by atoms with van der Waals surface area (Å²) in [7, 11) is 2.02. The standard InChI is InChI=1S/C17H28N2O/c1-3-17(18-2)14-8-10-16(11-9-14)19(12-5-13-20)15-6-4-7-15/h8-11,15,17-18,20H,3-7,12-13H2,1-2H3. The van der Waals surface area contributed by atoms with Crippen LogP contribution in [-0.2, 0) is 0 Å². The van der Waals surface area contributed by atoms with Crippen LogP contribution in [0.3, 0.4) is 0 Å². The molecule has 0 saturated heterocycles. The van der Waals surface area contributed by atoms with E-state index in [9.17, 15) is 0 Å². The van der Waals surface area contributed by atoms with Crippen LogP contribution in [0.15, 0.2) is 24.3 Å². The van der Waals surface area contributed by atoms with Gasteiger partial charge in [-0.15, -0.1) is 0 Å². The fourth-order valence-electron chi connectivity index (χ4n) is 2.97. The lowest BCUT2D eigenvalue weighted by atomic mass is 9.90. The molecule has 0 bridgehead atoms. The summed E-state index contributed by atoms with van der Waals surface area (Å²) in [5.74, 6) is 0. The highest BCUT2D eigenvalue weighted by molar-refractivity contribution is 5.49. The van der Waals surface area contributed by atoms with Crippen molar-refractivity contribution in [3.63, 3.8) is 0 Å². The third-order valence-electron chi connectivity index (χ3n) is 4.46. The summed E-state index contributed by atoms with van der Waals surface area (Å²) in [5.41, 5.74) is 2.66. The van der Waals surface area contributed by atoms with Crippen LogP contribution in [0, 0.1) is 0 Å². The van der Waals surface area contributed by atoms with Gasteiger partial charge in [-0.25, -0.2) is 0 Å². The minimum atomic E-state index is 0.277. The molecular formula is C17H28N2O. The Hall–Kier alpha value is -1.06. The number of aliphatic hydroxyl groups excluding tert-OH is 1. The largest absolute Gasteiger partial charge is 0.396 e. The Morgan fingerprint density at radius 1 is 1.30 bits per heavy atom. The van der Waals surface area contributed by atoms with Gasteiger partial charge in [-0.2, -0.15) is 0 Å². The van der Waals surface area contributed by atoms with Gasteiger partial charge in [-0.1, -0.05) is 19.1 Å². The summed E-state index contributed by atoms with van der Waals surface area (Å²) in [6.45, 7) is 3.44. The van der Waals surface area contributed by atoms with Crippen molar-refractivity contribution in [2.75, 3.05) is 25.1 Å². The first-order valence-corrected chi connectivity index (χ1v) is 7.94. The molecule has 3 nitrogen and oxygen atoms in total. The van der Waals surface area contributed by atoms with E-state index in [-0.39, 0.29) is 6.61 Å². The third kappa shape index (κ3) is 3.53. The Kier molecular flexibility index (Phi) is 5.86. The molecule has 112 valence electrons. The van der Waals surface area contributed by atoms with Crippen molar-refractivity contribution in [1.82, 2.24) is 5.32 Å². The first-order valence-electron chi connectivity index (χ1n) is 7.94. The number of nitrogens with one attached hydrogen (secondary N) is 1. The Bertz CT molecular complexity index is 382. The van der Waals surface area contributed by atoms with Gasteiger partial charge in [-0.05, 0) is 56.8 Å². The highest BCUT2D eigenvalue weighted by Gasteiger charge is 2.24. The van der Waals surface area contributed by atoms with Gasteiger partial charge in [0.25, 0.3) is 0 Å². The average Bonchev–Trinajstić information content (AvgIpc) is 2.43. The molecule has 2 N–H and O–H groups in total. The molecule has 0 aromatic heterocycles. The minimum absolute atomic E-state index is 0.277. The molecule has 0 radical (unpaired) electrons. The number of nitrogens with zero attached hydrogens (tertiary/aromatic N) is 1. The zero-order valence-corrected chi connectivity index (χ0v) is 12.8. The normalized spacial score (nSPS) is 16.8. The fraction of sp³-hybridized carbons (Fsp3) is 0.647. The van der Waals surface area contributed by atoms with Gasteiger partial charge in [0.05, 0.1) is 0 Å². The first kappa shape index (κ1) is 15.3. The van der Waals surface area contributed by atoms with E-state index in [2.05, 4.69) is 41.4 Å². The van der Waals surface area contributed by atoms with E-state index < -0.39 is 0 Å². The van der Waals surface area contributed by atoms with Crippen LogP contribution in [0.4, 0.5) is 5.69 Å². The SMILES string of the molecule is CCC(NC)c1ccc(N(CCCO)C2CCC2)cc1. The number of rotatable bonds is 8. The average molecular weight is 276 g/mol. The highest BCUT2D eigenvalue weighted by atomic mass is 16.3. The Balaban J connectivity index is 2.08. The molecule has 3 heteroatoms. The molecule has 1 aliphatic carbocycles. The number of aliphatic hydroxyl groups is 1. The van der Waals surface area contributed by atoms with E-state index in [4.69, 9.17) is 5.11 Å². The molecule has 1 aromatic carbocycles. The van der Waals surface area contributed by atoms with Gasteiger partial charge in [0, 0.05) is 30.9 Å². The molecule has 1 aromatic rings. The van der Waals surface area contributed by atoms with E-state index in [0.29, 0.717) is 12.1 Å². The van der Waals surface area contributed by atoms with Gasteiger partial charge < -0.3 is 15.3 Å². The second-order valence-electron chi connectivity index (χ2n) is 5.70. The van der Waals surface area contributed by atoms with E-state index >= 15 is 0 Å². The summed E-state index contributed by atoms with van der Waals surface area (Å²) in [6, 6.07) is 10.1. The summed E-state index contributed by atoms with van der Waals surface area (Å²) >= 11 is 0. The molecule has 0 heterocycles. The van der Waals surface area contributed by atoms with Crippen LogP contribution in [0.5, 0.6) is 0 Å². The molecule has 1 aliphatic rings. The number of anilines is 1. The van der Waals surface area contributed by atoms with E-state index in [1.165, 1.54) is 30.5 Å². The van der Waals surface area contributed by atoms with Crippen LogP contribution in [0.2, 0.25) is 0 Å². The number of hydrogen-bond acceptors (Lipinski definition) is 3.